The highest BCUT2D eigenvalue weighted by atomic mass is 35.5. The molecular weight excluding hydrogens is 663 g/mol. The van der Waals surface area contributed by atoms with Gasteiger partial charge in [0.25, 0.3) is 0 Å². The van der Waals surface area contributed by atoms with E-state index >= 15 is 0 Å². The lowest BCUT2D eigenvalue weighted by Gasteiger charge is -2.13. The van der Waals surface area contributed by atoms with Gasteiger partial charge in [0.1, 0.15) is 22.7 Å². The van der Waals surface area contributed by atoms with E-state index in [-0.39, 0.29) is 67.2 Å². The smallest absolute Gasteiger partial charge is 0.355 e. The van der Waals surface area contributed by atoms with Gasteiger partial charge >= 0.3 is 5.97 Å². The molecule has 0 spiro atoms. The Morgan fingerprint density at radius 1 is 1.09 bits per heavy atom. The lowest BCUT2D eigenvalue weighted by molar-refractivity contribution is -0.122. The van der Waals surface area contributed by atoms with Gasteiger partial charge in [0.2, 0.25) is 11.8 Å². The van der Waals surface area contributed by atoms with Gasteiger partial charge in [-0.15, -0.1) is 33.9 Å². The number of carboxylic acid groups (broad SMARTS) is 1. The molecule has 1 aliphatic rings. The van der Waals surface area contributed by atoms with Crippen molar-refractivity contribution in [2.24, 2.45) is 10.7 Å². The number of nitrogens with zero attached hydrogens (tertiary/aromatic N) is 5. The molecule has 0 saturated carbocycles. The van der Waals surface area contributed by atoms with Crippen molar-refractivity contribution in [3.05, 3.63) is 85.9 Å². The molecule has 1 aromatic carbocycles. The predicted molar refractivity (Wildman–Crippen MR) is 183 cm³/mol. The van der Waals surface area contributed by atoms with Crippen LogP contribution in [0.2, 0.25) is 5.02 Å². The highest BCUT2D eigenvalue weighted by Crippen LogP contribution is 2.39. The first kappa shape index (κ1) is 35.2. The van der Waals surface area contributed by atoms with Crippen molar-refractivity contribution >= 4 is 64.7 Å². The van der Waals surface area contributed by atoms with E-state index in [1.165, 1.54) is 12.1 Å². The summed E-state index contributed by atoms with van der Waals surface area (Å²) in [6, 6.07) is 9.80. The fraction of sp³-hybridized carbons (Fsp3) is 0.281. The maximum absolute atomic E-state index is 13.2. The Hall–Kier alpha value is -4.61. The summed E-state index contributed by atoms with van der Waals surface area (Å²) < 4.78 is 1.98. The van der Waals surface area contributed by atoms with E-state index in [2.05, 4.69) is 51.5 Å². The number of aliphatic imine (C=N–C) groups is 1. The second-order valence-electron chi connectivity index (χ2n) is 10.5. The number of nitrogens with one attached hydrogen (secondary N) is 2. The van der Waals surface area contributed by atoms with Crippen LogP contribution in [0.15, 0.2) is 41.4 Å². The highest BCUT2D eigenvalue weighted by Gasteiger charge is 2.32. The van der Waals surface area contributed by atoms with Crippen LogP contribution in [0.3, 0.4) is 0 Å². The molecule has 1 atom stereocenters. The minimum Gasteiger partial charge on any atom is -0.476 e. The summed E-state index contributed by atoms with van der Waals surface area (Å²) in [6.45, 7) is 6.32. The van der Waals surface area contributed by atoms with Crippen LogP contribution in [0.5, 0.6) is 0 Å². The summed E-state index contributed by atoms with van der Waals surface area (Å²) in [5, 5.41) is 25.2. The van der Waals surface area contributed by atoms with Gasteiger partial charge in [-0.3, -0.25) is 19.1 Å². The van der Waals surface area contributed by atoms with Gasteiger partial charge < -0.3 is 21.5 Å². The number of carbonyl (C=O) groups is 3. The maximum Gasteiger partial charge on any atom is 0.355 e. The Bertz CT molecular complexity index is 1930. The summed E-state index contributed by atoms with van der Waals surface area (Å²) in [4.78, 5) is 47.5. The van der Waals surface area contributed by atoms with E-state index in [9.17, 15) is 19.5 Å². The van der Waals surface area contributed by atoms with Gasteiger partial charge in [-0.1, -0.05) is 35.6 Å². The van der Waals surface area contributed by atoms with Gasteiger partial charge in [-0.25, -0.2) is 9.78 Å². The van der Waals surface area contributed by atoms with Crippen LogP contribution in [-0.4, -0.2) is 61.4 Å². The van der Waals surface area contributed by atoms with Gasteiger partial charge in [-0.2, -0.15) is 0 Å². The molecule has 2 amide bonds. The Balaban J connectivity index is 0.00000500. The van der Waals surface area contributed by atoms with E-state index in [4.69, 9.17) is 22.3 Å². The van der Waals surface area contributed by atoms with E-state index in [0.717, 1.165) is 32.3 Å². The number of rotatable bonds is 9. The largest absolute Gasteiger partial charge is 0.476 e. The molecule has 0 aliphatic carbocycles. The number of pyridine rings is 1. The van der Waals surface area contributed by atoms with Crippen LogP contribution in [0.1, 0.15) is 74.6 Å². The lowest BCUT2D eigenvalue weighted by atomic mass is 9.99. The van der Waals surface area contributed by atoms with E-state index in [1.807, 2.05) is 35.8 Å². The molecule has 4 aromatic rings. The number of carboxylic acids is 1. The second kappa shape index (κ2) is 15.3. The normalized spacial score (nSPS) is 13.1. The average molecular weight is 696 g/mol. The number of nitrogens with two attached hydrogens (primary N) is 1. The third-order valence-corrected chi connectivity index (χ3v) is 8.77. The Labute approximate surface area is 286 Å². The topological polar surface area (TPSA) is 177 Å². The fourth-order valence-electron chi connectivity index (χ4n) is 5.00. The van der Waals surface area contributed by atoms with Crippen molar-refractivity contribution in [3.63, 3.8) is 0 Å². The zero-order chi connectivity index (χ0) is 33.0. The summed E-state index contributed by atoms with van der Waals surface area (Å²) in [6.07, 6.45) is 0.446. The van der Waals surface area contributed by atoms with Gasteiger partial charge in [0.15, 0.2) is 11.5 Å². The SMILES string of the molecule is Cc1sc2c(c1C)C(c1ccc(Cl)cc1)=N[C@@H](CC(=O)NCCCC(=O)Nc1ccc(C#CCN)c(C(=O)O)n1)c1nnc(C)n1-2.Cl. The molecule has 4 heterocycles. The van der Waals surface area contributed by atoms with Crippen molar-refractivity contribution in [1.29, 1.82) is 0 Å². The third kappa shape index (κ3) is 7.86. The second-order valence-corrected chi connectivity index (χ2v) is 12.2. The molecule has 244 valence electrons. The fourth-order valence-corrected chi connectivity index (χ4v) is 6.34. The maximum atomic E-state index is 13.2. The van der Waals surface area contributed by atoms with Crippen LogP contribution in [0, 0.1) is 32.6 Å². The average Bonchev–Trinajstić information content (AvgIpc) is 3.50. The van der Waals surface area contributed by atoms with Crippen molar-refractivity contribution < 1.29 is 19.5 Å². The number of aromatic nitrogens is 4. The van der Waals surface area contributed by atoms with Crippen LogP contribution in [-0.2, 0) is 9.59 Å². The van der Waals surface area contributed by atoms with Crippen molar-refractivity contribution in [3.8, 4) is 16.8 Å². The van der Waals surface area contributed by atoms with Crippen molar-refractivity contribution in [1.82, 2.24) is 25.1 Å². The van der Waals surface area contributed by atoms with E-state index in [1.54, 1.807) is 11.3 Å². The molecule has 5 rings (SSSR count). The molecule has 0 bridgehead atoms. The summed E-state index contributed by atoms with van der Waals surface area (Å²) in [5.74, 6) is 4.71. The highest BCUT2D eigenvalue weighted by molar-refractivity contribution is 7.15. The Morgan fingerprint density at radius 3 is 2.53 bits per heavy atom. The number of carbonyl (C=O) groups excluding carboxylic acids is 2. The van der Waals surface area contributed by atoms with E-state index in [0.29, 0.717) is 23.1 Å². The van der Waals surface area contributed by atoms with Gasteiger partial charge in [0, 0.05) is 34.0 Å². The molecule has 15 heteroatoms. The molecule has 0 fully saturated rings. The Morgan fingerprint density at radius 2 is 1.83 bits per heavy atom. The number of fused-ring (bicyclic) bond motifs is 3. The molecule has 0 unspecified atom stereocenters. The number of aromatic carboxylic acids is 1. The monoisotopic (exact) mass is 694 g/mol. The minimum atomic E-state index is -1.27. The molecule has 3 aromatic heterocycles. The first-order chi connectivity index (χ1) is 22.1. The summed E-state index contributed by atoms with van der Waals surface area (Å²) in [7, 11) is 0. The number of thiophene rings is 1. The van der Waals surface area contributed by atoms with E-state index < -0.39 is 12.0 Å². The van der Waals surface area contributed by atoms with Crippen LogP contribution in [0.25, 0.3) is 5.00 Å². The van der Waals surface area contributed by atoms with Crippen LogP contribution in [0.4, 0.5) is 5.82 Å². The number of anilines is 1. The number of benzene rings is 1. The zero-order valence-corrected chi connectivity index (χ0v) is 28.1. The first-order valence-corrected chi connectivity index (χ1v) is 15.6. The number of hydrogen-bond acceptors (Lipinski definition) is 9. The number of aryl methyl sites for hydroxylation is 2. The molecule has 0 saturated heterocycles. The van der Waals surface area contributed by atoms with Crippen LogP contribution >= 0.6 is 35.3 Å². The lowest BCUT2D eigenvalue weighted by Crippen LogP contribution is -2.27. The molecular formula is C32H32Cl2N8O4S. The number of halogens is 2. The predicted octanol–water partition coefficient (Wildman–Crippen LogP) is 4.55. The number of amides is 2. The van der Waals surface area contributed by atoms with Crippen molar-refractivity contribution in [2.75, 3.05) is 18.4 Å². The summed E-state index contributed by atoms with van der Waals surface area (Å²) in [5.41, 5.74) is 8.99. The molecule has 1 aliphatic heterocycles. The third-order valence-electron chi connectivity index (χ3n) is 7.33. The first-order valence-electron chi connectivity index (χ1n) is 14.4. The molecule has 0 radical (unpaired) electrons. The van der Waals surface area contributed by atoms with Crippen molar-refractivity contribution in [2.45, 2.75) is 46.1 Å². The van der Waals surface area contributed by atoms with Crippen LogP contribution < -0.4 is 16.4 Å². The summed E-state index contributed by atoms with van der Waals surface area (Å²) >= 11 is 7.81. The van der Waals surface area contributed by atoms with Gasteiger partial charge in [0.05, 0.1) is 24.2 Å². The molecule has 12 nitrogen and oxygen atoms in total. The minimum absolute atomic E-state index is 0. The standard InChI is InChI=1S/C32H31ClN8O4S.ClH/c1-17-18(2)46-31-27(17)28(21-8-11-22(33)12-9-21)36-23(30-40-39-19(3)41(30)31)16-26(43)35-15-5-7-25(42)37-24-13-10-20(6-4-14-34)29(38-24)32(44)45;/h8-13,23H,5,7,14-16,34H2,1-3H3,(H,35,43)(H,44,45)(H,37,38,42);1H/t23-;/m0./s1. The molecule has 5 N–H and O–H groups in total. The number of hydrogen-bond donors (Lipinski definition) is 4. The molecule has 47 heavy (non-hydrogen) atoms. The Kier molecular flexibility index (Phi) is 11.5. The zero-order valence-electron chi connectivity index (χ0n) is 25.8. The van der Waals surface area contributed by atoms with Gasteiger partial charge in [-0.05, 0) is 57.0 Å². The quantitative estimate of drug-likeness (QED) is 0.146.